The van der Waals surface area contributed by atoms with Gasteiger partial charge in [-0.1, -0.05) is 11.6 Å². The Balaban J connectivity index is 2.24. The topological polar surface area (TPSA) is 127 Å². The Morgan fingerprint density at radius 2 is 2.26 bits per heavy atom. The summed E-state index contributed by atoms with van der Waals surface area (Å²) in [6.07, 6.45) is 1.74. The average molecular weight is 286 g/mol. The highest BCUT2D eigenvalue weighted by atomic mass is 35.5. The highest BCUT2D eigenvalue weighted by Gasteiger charge is 2.17. The lowest BCUT2D eigenvalue weighted by Gasteiger charge is -2.09. The molecule has 1 unspecified atom stereocenters. The number of aliphatic carboxylic acids is 1. The van der Waals surface area contributed by atoms with E-state index in [0.29, 0.717) is 17.7 Å². The SMILES string of the molecule is Nc1nc(Cl)c2ncn(CCC(CO)C(=O)O)c2n1. The summed E-state index contributed by atoms with van der Waals surface area (Å²) in [6.45, 7) is -0.0827. The Morgan fingerprint density at radius 1 is 1.53 bits per heavy atom. The van der Waals surface area contributed by atoms with Gasteiger partial charge >= 0.3 is 5.97 Å². The first-order valence-electron chi connectivity index (χ1n) is 5.50. The van der Waals surface area contributed by atoms with E-state index in [0.717, 1.165) is 0 Å². The Kier molecular flexibility index (Phi) is 3.82. The maximum Gasteiger partial charge on any atom is 0.308 e. The second-order valence-electron chi connectivity index (χ2n) is 3.99. The van der Waals surface area contributed by atoms with Crippen molar-refractivity contribution in [1.29, 1.82) is 0 Å². The van der Waals surface area contributed by atoms with Crippen LogP contribution >= 0.6 is 11.6 Å². The Morgan fingerprint density at radius 3 is 2.89 bits per heavy atom. The third-order valence-corrected chi connectivity index (χ3v) is 2.99. The molecule has 0 fully saturated rings. The fourth-order valence-corrected chi connectivity index (χ4v) is 1.90. The van der Waals surface area contributed by atoms with Gasteiger partial charge in [-0.3, -0.25) is 4.79 Å². The summed E-state index contributed by atoms with van der Waals surface area (Å²) in [6, 6.07) is 0. The van der Waals surface area contributed by atoms with Crippen LogP contribution in [0.5, 0.6) is 0 Å². The molecule has 0 amide bonds. The number of nitrogens with zero attached hydrogens (tertiary/aromatic N) is 4. The molecule has 2 aromatic rings. The van der Waals surface area contributed by atoms with E-state index in [4.69, 9.17) is 27.5 Å². The molecule has 2 rings (SSSR count). The minimum absolute atomic E-state index is 0.0243. The van der Waals surface area contributed by atoms with Crippen LogP contribution in [0.1, 0.15) is 6.42 Å². The van der Waals surface area contributed by atoms with E-state index in [1.807, 2.05) is 0 Å². The van der Waals surface area contributed by atoms with Crippen molar-refractivity contribution in [3.05, 3.63) is 11.5 Å². The van der Waals surface area contributed by atoms with Crippen LogP contribution in [0.3, 0.4) is 0 Å². The maximum atomic E-state index is 10.8. The van der Waals surface area contributed by atoms with Gasteiger partial charge in [-0.15, -0.1) is 0 Å². The molecule has 8 nitrogen and oxygen atoms in total. The summed E-state index contributed by atoms with van der Waals surface area (Å²) in [7, 11) is 0. The van der Waals surface area contributed by atoms with E-state index in [2.05, 4.69) is 15.0 Å². The van der Waals surface area contributed by atoms with Crippen molar-refractivity contribution < 1.29 is 15.0 Å². The van der Waals surface area contributed by atoms with E-state index in [1.54, 1.807) is 4.57 Å². The molecule has 2 heterocycles. The van der Waals surface area contributed by atoms with Crippen molar-refractivity contribution >= 4 is 34.7 Å². The van der Waals surface area contributed by atoms with Crippen LogP contribution in [0.2, 0.25) is 5.15 Å². The fourth-order valence-electron chi connectivity index (χ4n) is 1.68. The van der Waals surface area contributed by atoms with Crippen molar-refractivity contribution in [1.82, 2.24) is 19.5 Å². The molecule has 0 aromatic carbocycles. The number of fused-ring (bicyclic) bond motifs is 1. The molecule has 0 radical (unpaired) electrons. The molecule has 0 bridgehead atoms. The number of nitrogen functional groups attached to an aromatic ring is 1. The van der Waals surface area contributed by atoms with Crippen molar-refractivity contribution in [2.45, 2.75) is 13.0 Å². The van der Waals surface area contributed by atoms with Crippen LogP contribution in [0.15, 0.2) is 6.33 Å². The highest BCUT2D eigenvalue weighted by molar-refractivity contribution is 6.33. The second-order valence-corrected chi connectivity index (χ2v) is 4.35. The predicted octanol–water partition coefficient (Wildman–Crippen LogP) is 0.145. The number of carboxylic acids is 1. The molecule has 1 atom stereocenters. The Bertz CT molecular complexity index is 614. The number of aryl methyl sites for hydroxylation is 1. The zero-order valence-electron chi connectivity index (χ0n) is 9.82. The number of imidazole rings is 1. The number of carboxylic acid groups (broad SMARTS) is 1. The Labute approximate surface area is 112 Å². The summed E-state index contributed by atoms with van der Waals surface area (Å²) in [4.78, 5) is 22.7. The first kappa shape index (κ1) is 13.5. The van der Waals surface area contributed by atoms with Crippen LogP contribution < -0.4 is 5.73 Å². The minimum atomic E-state index is -1.04. The summed E-state index contributed by atoms with van der Waals surface area (Å²) in [5, 5.41) is 18.0. The predicted molar refractivity (Wildman–Crippen MR) is 67.6 cm³/mol. The van der Waals surface area contributed by atoms with E-state index < -0.39 is 18.5 Å². The molecular formula is C10H12ClN5O3. The van der Waals surface area contributed by atoms with Gasteiger partial charge in [-0.05, 0) is 6.42 Å². The fraction of sp³-hybridized carbons (Fsp3) is 0.400. The molecule has 2 aromatic heterocycles. The number of nitrogens with two attached hydrogens (primary N) is 1. The highest BCUT2D eigenvalue weighted by Crippen LogP contribution is 2.20. The van der Waals surface area contributed by atoms with Crippen molar-refractivity contribution in [2.75, 3.05) is 12.3 Å². The number of rotatable bonds is 5. The van der Waals surface area contributed by atoms with Crippen LogP contribution in [-0.4, -0.2) is 42.3 Å². The van der Waals surface area contributed by atoms with Crippen molar-refractivity contribution in [3.63, 3.8) is 0 Å². The molecule has 0 spiro atoms. The zero-order chi connectivity index (χ0) is 14.0. The standard InChI is InChI=1S/C10H12ClN5O3/c11-7-6-8(15-10(12)14-7)16(4-13-6)2-1-5(3-17)9(18)19/h4-5,17H,1-3H2,(H,18,19)(H2,12,14,15). The lowest BCUT2D eigenvalue weighted by atomic mass is 10.1. The number of hydrogen-bond donors (Lipinski definition) is 3. The zero-order valence-corrected chi connectivity index (χ0v) is 10.6. The van der Waals surface area contributed by atoms with Gasteiger partial charge in [0.1, 0.15) is 5.52 Å². The number of carbonyl (C=O) groups is 1. The molecular weight excluding hydrogens is 274 g/mol. The van der Waals surface area contributed by atoms with Gasteiger partial charge in [0.15, 0.2) is 10.8 Å². The molecule has 0 saturated carbocycles. The number of hydrogen-bond acceptors (Lipinski definition) is 6. The van der Waals surface area contributed by atoms with Gasteiger partial charge in [0, 0.05) is 6.54 Å². The molecule has 19 heavy (non-hydrogen) atoms. The molecule has 0 aliphatic heterocycles. The van der Waals surface area contributed by atoms with Gasteiger partial charge in [0.2, 0.25) is 5.95 Å². The van der Waals surface area contributed by atoms with E-state index in [9.17, 15) is 4.79 Å². The number of halogens is 1. The molecule has 9 heteroatoms. The van der Waals surface area contributed by atoms with Crippen LogP contribution in [0.4, 0.5) is 5.95 Å². The summed E-state index contributed by atoms with van der Waals surface area (Å²) < 4.78 is 1.63. The third-order valence-electron chi connectivity index (χ3n) is 2.73. The molecule has 0 aliphatic carbocycles. The van der Waals surface area contributed by atoms with E-state index >= 15 is 0 Å². The normalized spacial score (nSPS) is 12.7. The van der Waals surface area contributed by atoms with E-state index in [1.165, 1.54) is 6.33 Å². The molecule has 0 aliphatic rings. The third kappa shape index (κ3) is 2.74. The lowest BCUT2D eigenvalue weighted by molar-refractivity contribution is -0.143. The molecule has 4 N–H and O–H groups in total. The smallest absolute Gasteiger partial charge is 0.308 e. The van der Waals surface area contributed by atoms with Gasteiger partial charge < -0.3 is 20.5 Å². The Hall–Kier alpha value is -1.93. The number of aliphatic hydroxyl groups is 1. The quantitative estimate of drug-likeness (QED) is 0.667. The number of anilines is 1. The van der Waals surface area contributed by atoms with Gasteiger partial charge in [-0.25, -0.2) is 4.98 Å². The minimum Gasteiger partial charge on any atom is -0.481 e. The van der Waals surface area contributed by atoms with Gasteiger partial charge in [0.25, 0.3) is 0 Å². The van der Waals surface area contributed by atoms with Gasteiger partial charge in [-0.2, -0.15) is 9.97 Å². The lowest BCUT2D eigenvalue weighted by Crippen LogP contribution is -2.19. The average Bonchev–Trinajstić information content (AvgIpc) is 2.73. The second kappa shape index (κ2) is 5.37. The molecule has 0 saturated heterocycles. The maximum absolute atomic E-state index is 10.8. The monoisotopic (exact) mass is 285 g/mol. The number of aromatic nitrogens is 4. The van der Waals surface area contributed by atoms with Crippen LogP contribution in [0, 0.1) is 5.92 Å². The summed E-state index contributed by atoms with van der Waals surface area (Å²) >= 11 is 5.88. The van der Waals surface area contributed by atoms with Crippen LogP contribution in [-0.2, 0) is 11.3 Å². The van der Waals surface area contributed by atoms with Gasteiger partial charge in [0.05, 0.1) is 18.9 Å². The first-order valence-corrected chi connectivity index (χ1v) is 5.88. The van der Waals surface area contributed by atoms with Crippen LogP contribution in [0.25, 0.3) is 11.2 Å². The summed E-state index contributed by atoms with van der Waals surface area (Å²) in [5.74, 6) is -1.85. The van der Waals surface area contributed by atoms with E-state index in [-0.39, 0.29) is 17.5 Å². The van der Waals surface area contributed by atoms with Crippen molar-refractivity contribution in [3.8, 4) is 0 Å². The molecule has 102 valence electrons. The number of aliphatic hydroxyl groups excluding tert-OH is 1. The largest absolute Gasteiger partial charge is 0.481 e. The van der Waals surface area contributed by atoms with Crippen molar-refractivity contribution in [2.24, 2.45) is 5.92 Å². The first-order chi connectivity index (χ1) is 9.02. The summed E-state index contributed by atoms with van der Waals surface area (Å²) in [5.41, 5.74) is 6.35.